The van der Waals surface area contributed by atoms with Crippen molar-refractivity contribution in [1.29, 1.82) is 0 Å². The number of alkyl halides is 3. The van der Waals surface area contributed by atoms with E-state index in [2.05, 4.69) is 15.0 Å². The molecule has 194 valence electrons. The number of benzene rings is 1. The van der Waals surface area contributed by atoms with E-state index >= 15 is 0 Å². The first-order valence-corrected chi connectivity index (χ1v) is 11.5. The van der Waals surface area contributed by atoms with Crippen molar-refractivity contribution in [3.63, 3.8) is 0 Å². The number of nitrogens with zero attached hydrogens (tertiary/aromatic N) is 4. The first-order valence-electron chi connectivity index (χ1n) is 11.5. The largest absolute Gasteiger partial charge is 0.489 e. The quantitative estimate of drug-likeness (QED) is 0.280. The molecule has 4 rings (SSSR count). The van der Waals surface area contributed by atoms with Crippen molar-refractivity contribution in [2.24, 2.45) is 0 Å². The maximum Gasteiger partial charge on any atom is 0.433 e. The molecule has 0 bridgehead atoms. The molecule has 0 radical (unpaired) electrons. The molecule has 11 heteroatoms. The Morgan fingerprint density at radius 3 is 2.62 bits per heavy atom. The van der Waals surface area contributed by atoms with Gasteiger partial charge in [0.1, 0.15) is 24.6 Å². The number of carbonyl (C=O) groups excluding carboxylic acids is 1. The molecule has 0 aliphatic heterocycles. The van der Waals surface area contributed by atoms with Crippen LogP contribution in [0, 0.1) is 0 Å². The molecule has 37 heavy (non-hydrogen) atoms. The van der Waals surface area contributed by atoms with E-state index in [0.29, 0.717) is 42.2 Å². The van der Waals surface area contributed by atoms with Crippen LogP contribution in [0.1, 0.15) is 23.9 Å². The topological polar surface area (TPSA) is 88.4 Å². The molecule has 1 aromatic carbocycles. The van der Waals surface area contributed by atoms with Crippen LogP contribution in [0.4, 0.5) is 13.2 Å². The van der Waals surface area contributed by atoms with Crippen LogP contribution >= 0.6 is 0 Å². The molecule has 0 saturated heterocycles. The molecule has 4 aromatic rings. The van der Waals surface area contributed by atoms with Crippen molar-refractivity contribution >= 4 is 16.9 Å². The highest BCUT2D eigenvalue weighted by Crippen LogP contribution is 2.29. The molecule has 8 nitrogen and oxygen atoms in total. The third-order valence-electron chi connectivity index (χ3n) is 5.55. The lowest BCUT2D eigenvalue weighted by molar-refractivity contribution is -0.144. The number of hydrogen-bond acceptors (Lipinski definition) is 7. The summed E-state index contributed by atoms with van der Waals surface area (Å²) in [6.07, 6.45) is 0.451. The fourth-order valence-electron chi connectivity index (χ4n) is 3.71. The first-order chi connectivity index (χ1) is 17.8. The summed E-state index contributed by atoms with van der Waals surface area (Å²) >= 11 is 0. The zero-order valence-electron chi connectivity index (χ0n) is 20.3. The van der Waals surface area contributed by atoms with Gasteiger partial charge in [-0.25, -0.2) is 9.97 Å². The molecule has 0 aliphatic rings. The summed E-state index contributed by atoms with van der Waals surface area (Å²) in [5.41, 5.74) is 1.57. The Morgan fingerprint density at radius 1 is 1.08 bits per heavy atom. The molecule has 0 spiro atoms. The second-order valence-corrected chi connectivity index (χ2v) is 8.10. The van der Waals surface area contributed by atoms with Crippen molar-refractivity contribution in [1.82, 2.24) is 19.5 Å². The average molecular weight is 515 g/mol. The third-order valence-corrected chi connectivity index (χ3v) is 5.55. The number of carbonyl (C=O) groups is 1. The lowest BCUT2D eigenvalue weighted by Crippen LogP contribution is -2.12. The average Bonchev–Trinajstić information content (AvgIpc) is 3.28. The van der Waals surface area contributed by atoms with Gasteiger partial charge in [-0.3, -0.25) is 9.78 Å². The number of halogens is 3. The number of pyridine rings is 1. The van der Waals surface area contributed by atoms with E-state index in [1.165, 1.54) is 6.07 Å². The minimum Gasteiger partial charge on any atom is -0.489 e. The Balaban J connectivity index is 1.53. The van der Waals surface area contributed by atoms with E-state index in [0.717, 1.165) is 23.2 Å². The monoisotopic (exact) mass is 514 g/mol. The maximum atomic E-state index is 12.8. The van der Waals surface area contributed by atoms with Gasteiger partial charge >= 0.3 is 12.1 Å². The van der Waals surface area contributed by atoms with Crippen molar-refractivity contribution in [2.45, 2.75) is 32.7 Å². The van der Waals surface area contributed by atoms with E-state index in [4.69, 9.17) is 14.2 Å². The van der Waals surface area contributed by atoms with Gasteiger partial charge in [0, 0.05) is 49.3 Å². The zero-order chi connectivity index (χ0) is 26.4. The fourth-order valence-corrected chi connectivity index (χ4v) is 3.71. The summed E-state index contributed by atoms with van der Waals surface area (Å²) in [6.45, 7) is 2.72. The Hall–Kier alpha value is -3.99. The van der Waals surface area contributed by atoms with Crippen LogP contribution in [0.2, 0.25) is 0 Å². The molecule has 0 unspecified atom stereocenters. The summed E-state index contributed by atoms with van der Waals surface area (Å²) in [4.78, 5) is 24.3. The molecule has 0 fully saturated rings. The van der Waals surface area contributed by atoms with Crippen molar-refractivity contribution in [2.75, 3.05) is 20.3 Å². The van der Waals surface area contributed by atoms with Gasteiger partial charge in [0.05, 0.1) is 24.4 Å². The van der Waals surface area contributed by atoms with Gasteiger partial charge in [-0.15, -0.1) is 0 Å². The Labute approximate surface area is 211 Å². The molecule has 0 saturated carbocycles. The van der Waals surface area contributed by atoms with Crippen LogP contribution in [0.15, 0.2) is 55.0 Å². The predicted octanol–water partition coefficient (Wildman–Crippen LogP) is 4.84. The minimum absolute atomic E-state index is 0.0933. The number of esters is 1. The Kier molecular flexibility index (Phi) is 8.02. The van der Waals surface area contributed by atoms with Gasteiger partial charge in [0.2, 0.25) is 0 Å². The molecule has 3 heterocycles. The van der Waals surface area contributed by atoms with Gasteiger partial charge in [-0.1, -0.05) is 0 Å². The predicted molar refractivity (Wildman–Crippen MR) is 129 cm³/mol. The molecule has 0 aliphatic carbocycles. The van der Waals surface area contributed by atoms with Crippen molar-refractivity contribution < 1.29 is 32.2 Å². The Morgan fingerprint density at radius 2 is 1.92 bits per heavy atom. The summed E-state index contributed by atoms with van der Waals surface area (Å²) in [5, 5.41) is 0.954. The first kappa shape index (κ1) is 26.1. The van der Waals surface area contributed by atoms with E-state index in [9.17, 15) is 18.0 Å². The highest BCUT2D eigenvalue weighted by atomic mass is 19.4. The van der Waals surface area contributed by atoms with Crippen molar-refractivity contribution in [3.8, 4) is 17.1 Å². The van der Waals surface area contributed by atoms with Crippen molar-refractivity contribution in [3.05, 3.63) is 71.9 Å². The number of hydrogen-bond donors (Lipinski definition) is 0. The van der Waals surface area contributed by atoms with Crippen LogP contribution in [0.5, 0.6) is 5.75 Å². The maximum absolute atomic E-state index is 12.8. The number of methoxy groups -OCH3 is 1. The smallest absolute Gasteiger partial charge is 0.433 e. The number of fused-ring (bicyclic) bond motifs is 1. The summed E-state index contributed by atoms with van der Waals surface area (Å²) in [5.74, 6) is 0.522. The van der Waals surface area contributed by atoms with E-state index in [1.807, 2.05) is 30.5 Å². The standard InChI is InChI=1S/C26H25F3N4O4/c1-3-36-24(34)15-33-10-8-17-4-6-20(12-22(17)33)37-16-19-14-31-25(32-21(19)9-11-35-2)18-5-7-23(30-13-18)26(27,28)29/h4-8,10,12-14H,3,9,11,15-16H2,1-2H3. The summed E-state index contributed by atoms with van der Waals surface area (Å²) in [6, 6.07) is 9.67. The molecule has 3 aromatic heterocycles. The third kappa shape index (κ3) is 6.42. The summed E-state index contributed by atoms with van der Waals surface area (Å²) in [7, 11) is 1.57. The summed E-state index contributed by atoms with van der Waals surface area (Å²) < 4.78 is 56.5. The van der Waals surface area contributed by atoms with Gasteiger partial charge in [0.15, 0.2) is 5.82 Å². The highest BCUT2D eigenvalue weighted by Gasteiger charge is 2.32. The second-order valence-electron chi connectivity index (χ2n) is 8.10. The van der Waals surface area contributed by atoms with Crippen LogP contribution in [0.3, 0.4) is 0 Å². The highest BCUT2D eigenvalue weighted by molar-refractivity contribution is 5.83. The lowest BCUT2D eigenvalue weighted by atomic mass is 10.1. The fraction of sp³-hybridized carbons (Fsp3) is 0.308. The molecular weight excluding hydrogens is 489 g/mol. The van der Waals surface area contributed by atoms with Gasteiger partial charge in [-0.2, -0.15) is 13.2 Å². The number of ether oxygens (including phenoxy) is 3. The zero-order valence-corrected chi connectivity index (χ0v) is 20.3. The molecule has 0 N–H and O–H groups in total. The molecule has 0 atom stereocenters. The minimum atomic E-state index is -4.52. The number of rotatable bonds is 10. The molecule has 0 amide bonds. The van der Waals surface area contributed by atoms with Crippen LogP contribution < -0.4 is 4.74 Å². The normalized spacial score (nSPS) is 11.6. The molecular formula is C26H25F3N4O4. The van der Waals surface area contributed by atoms with E-state index in [1.54, 1.807) is 24.8 Å². The van der Waals surface area contributed by atoms with Crippen LogP contribution in [-0.4, -0.2) is 45.8 Å². The van der Waals surface area contributed by atoms with E-state index < -0.39 is 11.9 Å². The van der Waals surface area contributed by atoms with Gasteiger partial charge in [-0.05, 0) is 42.6 Å². The van der Waals surface area contributed by atoms with Crippen LogP contribution in [-0.2, 0) is 40.0 Å². The Bertz CT molecular complexity index is 1370. The van der Waals surface area contributed by atoms with Gasteiger partial charge in [0.25, 0.3) is 0 Å². The van der Waals surface area contributed by atoms with E-state index in [-0.39, 0.29) is 24.9 Å². The number of aromatic nitrogens is 4. The second kappa shape index (κ2) is 11.4. The van der Waals surface area contributed by atoms with Gasteiger partial charge < -0.3 is 18.8 Å². The van der Waals surface area contributed by atoms with Crippen LogP contribution in [0.25, 0.3) is 22.3 Å². The lowest BCUT2D eigenvalue weighted by Gasteiger charge is -2.13. The SMILES string of the molecule is CCOC(=O)Cn1ccc2ccc(OCc3cnc(-c4ccc(C(F)(F)F)nc4)nc3CCOC)cc21.